The van der Waals surface area contributed by atoms with Gasteiger partial charge in [-0.15, -0.1) is 0 Å². The van der Waals surface area contributed by atoms with Crippen molar-refractivity contribution in [3.8, 4) is 0 Å². The monoisotopic (exact) mass is 330 g/mol. The van der Waals surface area contributed by atoms with Crippen LogP contribution < -0.4 is 10.6 Å². The van der Waals surface area contributed by atoms with Crippen molar-refractivity contribution in [2.24, 2.45) is 0 Å². The zero-order chi connectivity index (χ0) is 13.2. The normalized spacial score (nSPS) is 10.1. The fourth-order valence-electron chi connectivity index (χ4n) is 1.37. The van der Waals surface area contributed by atoms with E-state index in [1.54, 1.807) is 0 Å². The first kappa shape index (κ1) is 15.4. The van der Waals surface area contributed by atoms with Crippen molar-refractivity contribution in [3.05, 3.63) is 34.3 Å². The molecule has 0 aliphatic carbocycles. The van der Waals surface area contributed by atoms with Crippen LogP contribution in [-0.2, 0) is 11.3 Å². The molecule has 0 fully saturated rings. The number of rotatable bonds is 7. The Morgan fingerprint density at radius 1 is 1.28 bits per heavy atom. The molecule has 0 saturated heterocycles. The van der Waals surface area contributed by atoms with Gasteiger partial charge in [0.05, 0.1) is 0 Å². The summed E-state index contributed by atoms with van der Waals surface area (Å²) >= 11 is 8.59. The Morgan fingerprint density at radius 3 is 2.67 bits per heavy atom. The van der Waals surface area contributed by atoms with E-state index in [9.17, 15) is 0 Å². The predicted octanol–water partition coefficient (Wildman–Crippen LogP) is 2.84. The van der Waals surface area contributed by atoms with Crippen LogP contribution in [0.3, 0.4) is 0 Å². The maximum Gasteiger partial charge on any atom is 0.166 e. The second-order valence-electron chi connectivity index (χ2n) is 3.79. The topological polar surface area (TPSA) is 33.3 Å². The van der Waals surface area contributed by atoms with Crippen molar-refractivity contribution in [1.82, 2.24) is 10.6 Å². The maximum absolute atomic E-state index is 5.25. The second kappa shape index (κ2) is 9.30. The van der Waals surface area contributed by atoms with Gasteiger partial charge in [0.25, 0.3) is 0 Å². The molecule has 0 saturated carbocycles. The SMILES string of the molecule is CCOCCCNC(=S)NCc1ccc(Br)cc1. The molecule has 5 heteroatoms. The zero-order valence-electron chi connectivity index (χ0n) is 10.5. The smallest absolute Gasteiger partial charge is 0.166 e. The number of ether oxygens (including phenoxy) is 1. The molecule has 1 aromatic carbocycles. The summed E-state index contributed by atoms with van der Waals surface area (Å²) < 4.78 is 6.33. The molecule has 3 nitrogen and oxygen atoms in total. The van der Waals surface area contributed by atoms with Gasteiger partial charge < -0.3 is 15.4 Å². The van der Waals surface area contributed by atoms with Gasteiger partial charge in [-0.05, 0) is 43.3 Å². The van der Waals surface area contributed by atoms with E-state index in [0.29, 0.717) is 5.11 Å². The van der Waals surface area contributed by atoms with Crippen LogP contribution >= 0.6 is 28.1 Å². The van der Waals surface area contributed by atoms with Crippen LogP contribution in [-0.4, -0.2) is 24.9 Å². The molecule has 0 spiro atoms. The van der Waals surface area contributed by atoms with Crippen LogP contribution in [0, 0.1) is 0 Å². The molecule has 0 bridgehead atoms. The van der Waals surface area contributed by atoms with Crippen LogP contribution in [0.4, 0.5) is 0 Å². The van der Waals surface area contributed by atoms with Gasteiger partial charge in [-0.2, -0.15) is 0 Å². The highest BCUT2D eigenvalue weighted by Crippen LogP contribution is 2.09. The lowest BCUT2D eigenvalue weighted by molar-refractivity contribution is 0.145. The number of benzene rings is 1. The van der Waals surface area contributed by atoms with Gasteiger partial charge in [0, 0.05) is 30.8 Å². The van der Waals surface area contributed by atoms with Crippen molar-refractivity contribution in [2.45, 2.75) is 19.9 Å². The summed E-state index contributed by atoms with van der Waals surface area (Å²) in [6, 6.07) is 8.18. The largest absolute Gasteiger partial charge is 0.382 e. The average Bonchev–Trinajstić information content (AvgIpc) is 2.38. The standard InChI is InChI=1S/C13H19BrN2OS/c1-2-17-9-3-8-15-13(18)16-10-11-4-6-12(14)7-5-11/h4-7H,2-3,8-10H2,1H3,(H2,15,16,18). The first-order valence-electron chi connectivity index (χ1n) is 6.06. The number of thiocarbonyl (C=S) groups is 1. The number of hydrogen-bond donors (Lipinski definition) is 2. The molecule has 1 aromatic rings. The molecule has 0 unspecified atom stereocenters. The lowest BCUT2D eigenvalue weighted by atomic mass is 10.2. The fraction of sp³-hybridized carbons (Fsp3) is 0.462. The summed E-state index contributed by atoms with van der Waals surface area (Å²) in [6.07, 6.45) is 0.966. The third-order valence-electron chi connectivity index (χ3n) is 2.32. The van der Waals surface area contributed by atoms with E-state index in [2.05, 4.69) is 38.7 Å². The Balaban J connectivity index is 2.11. The molecule has 0 aliphatic heterocycles. The summed E-state index contributed by atoms with van der Waals surface area (Å²) in [5.74, 6) is 0. The van der Waals surface area contributed by atoms with Gasteiger partial charge in [-0.25, -0.2) is 0 Å². The second-order valence-corrected chi connectivity index (χ2v) is 5.11. The first-order chi connectivity index (χ1) is 8.72. The zero-order valence-corrected chi connectivity index (χ0v) is 12.9. The van der Waals surface area contributed by atoms with Crippen molar-refractivity contribution >= 4 is 33.3 Å². The van der Waals surface area contributed by atoms with Gasteiger partial charge in [-0.1, -0.05) is 28.1 Å². The molecule has 0 aliphatic rings. The summed E-state index contributed by atoms with van der Waals surface area (Å²) in [4.78, 5) is 0. The van der Waals surface area contributed by atoms with Gasteiger partial charge in [0.1, 0.15) is 0 Å². The van der Waals surface area contributed by atoms with E-state index in [-0.39, 0.29) is 0 Å². The Labute approximate surface area is 122 Å². The molecule has 2 N–H and O–H groups in total. The van der Waals surface area contributed by atoms with Gasteiger partial charge in [0.2, 0.25) is 0 Å². The van der Waals surface area contributed by atoms with Crippen molar-refractivity contribution < 1.29 is 4.74 Å². The fourth-order valence-corrected chi connectivity index (χ4v) is 1.81. The van der Waals surface area contributed by atoms with Gasteiger partial charge >= 0.3 is 0 Å². The molecule has 18 heavy (non-hydrogen) atoms. The third-order valence-corrected chi connectivity index (χ3v) is 3.14. The Kier molecular flexibility index (Phi) is 7.96. The van der Waals surface area contributed by atoms with Crippen molar-refractivity contribution in [1.29, 1.82) is 0 Å². The summed E-state index contributed by atoms with van der Waals surface area (Å²) in [7, 11) is 0. The lowest BCUT2D eigenvalue weighted by Crippen LogP contribution is -2.35. The third kappa shape index (κ3) is 6.93. The minimum absolute atomic E-state index is 0.689. The van der Waals surface area contributed by atoms with Crippen LogP contribution in [0.5, 0.6) is 0 Å². The molecule has 0 heterocycles. The molecule has 1 rings (SSSR count). The number of halogens is 1. The van der Waals surface area contributed by atoms with Crippen molar-refractivity contribution in [3.63, 3.8) is 0 Å². The summed E-state index contributed by atoms with van der Waals surface area (Å²) in [5.41, 5.74) is 1.21. The van der Waals surface area contributed by atoms with Gasteiger partial charge in [-0.3, -0.25) is 0 Å². The van der Waals surface area contributed by atoms with Crippen LogP contribution in [0.1, 0.15) is 18.9 Å². The molecule has 0 radical (unpaired) electrons. The Bertz CT molecular complexity index is 357. The quantitative estimate of drug-likeness (QED) is 0.595. The van der Waals surface area contributed by atoms with E-state index in [1.165, 1.54) is 5.56 Å². The van der Waals surface area contributed by atoms with Crippen LogP contribution in [0.25, 0.3) is 0 Å². The highest BCUT2D eigenvalue weighted by atomic mass is 79.9. The minimum Gasteiger partial charge on any atom is -0.382 e. The molecular formula is C13H19BrN2OS. The van der Waals surface area contributed by atoms with E-state index in [0.717, 1.165) is 37.2 Å². The van der Waals surface area contributed by atoms with Crippen LogP contribution in [0.15, 0.2) is 28.7 Å². The lowest BCUT2D eigenvalue weighted by Gasteiger charge is -2.10. The number of nitrogens with one attached hydrogen (secondary N) is 2. The molecule has 0 aromatic heterocycles. The summed E-state index contributed by atoms with van der Waals surface area (Å²) in [6.45, 7) is 5.12. The first-order valence-corrected chi connectivity index (χ1v) is 7.26. The van der Waals surface area contributed by atoms with E-state index >= 15 is 0 Å². The Hall–Kier alpha value is -0.650. The predicted molar refractivity (Wildman–Crippen MR) is 82.7 cm³/mol. The molecule has 0 atom stereocenters. The minimum atomic E-state index is 0.689. The molecular weight excluding hydrogens is 312 g/mol. The highest BCUT2D eigenvalue weighted by molar-refractivity contribution is 9.10. The molecule has 0 amide bonds. The summed E-state index contributed by atoms with van der Waals surface area (Å²) in [5, 5.41) is 7.02. The van der Waals surface area contributed by atoms with Crippen LogP contribution in [0.2, 0.25) is 0 Å². The Morgan fingerprint density at radius 2 is 2.00 bits per heavy atom. The molecule has 100 valence electrons. The number of hydrogen-bond acceptors (Lipinski definition) is 2. The van der Waals surface area contributed by atoms with Crippen molar-refractivity contribution in [2.75, 3.05) is 19.8 Å². The van der Waals surface area contributed by atoms with E-state index in [1.807, 2.05) is 19.1 Å². The van der Waals surface area contributed by atoms with E-state index < -0.39 is 0 Å². The maximum atomic E-state index is 5.25. The van der Waals surface area contributed by atoms with Gasteiger partial charge in [0.15, 0.2) is 5.11 Å². The average molecular weight is 331 g/mol. The van der Waals surface area contributed by atoms with E-state index in [4.69, 9.17) is 17.0 Å². The highest BCUT2D eigenvalue weighted by Gasteiger charge is 1.96.